The second kappa shape index (κ2) is 6.21. The number of halogens is 2. The van der Waals surface area contributed by atoms with Crippen LogP contribution >= 0.6 is 23.2 Å². The van der Waals surface area contributed by atoms with Crippen molar-refractivity contribution in [2.24, 2.45) is 0 Å². The molecule has 0 heterocycles. The van der Waals surface area contributed by atoms with Gasteiger partial charge in [-0.1, -0.05) is 23.2 Å². The van der Waals surface area contributed by atoms with E-state index in [0.717, 1.165) is 13.0 Å². The fraction of sp³-hybridized carbons (Fsp3) is 0.455. The van der Waals surface area contributed by atoms with Gasteiger partial charge in [-0.3, -0.25) is 0 Å². The van der Waals surface area contributed by atoms with Crippen LogP contribution in [0, 0.1) is 0 Å². The van der Waals surface area contributed by atoms with Gasteiger partial charge in [0, 0.05) is 11.1 Å². The molecule has 0 radical (unpaired) electrons. The van der Waals surface area contributed by atoms with Crippen molar-refractivity contribution in [3.63, 3.8) is 0 Å². The molecule has 4 heteroatoms. The zero-order chi connectivity index (χ0) is 11.3. The Kier molecular flexibility index (Phi) is 5.23. The van der Waals surface area contributed by atoms with E-state index in [1.165, 1.54) is 0 Å². The molecule has 0 aromatic heterocycles. The van der Waals surface area contributed by atoms with Crippen LogP contribution in [-0.2, 0) is 0 Å². The summed E-state index contributed by atoms with van der Waals surface area (Å²) >= 11 is 11.8. The lowest BCUT2D eigenvalue weighted by Crippen LogP contribution is -2.19. The van der Waals surface area contributed by atoms with Crippen LogP contribution in [0.2, 0.25) is 10.0 Å². The number of nitrogens with one attached hydrogen (secondary N) is 1. The summed E-state index contributed by atoms with van der Waals surface area (Å²) in [4.78, 5) is 0. The summed E-state index contributed by atoms with van der Waals surface area (Å²) in [5, 5.41) is 4.30. The largest absolute Gasteiger partial charge is 0.489 e. The molecule has 1 rings (SSSR count). The van der Waals surface area contributed by atoms with Crippen LogP contribution in [-0.4, -0.2) is 19.7 Å². The summed E-state index contributed by atoms with van der Waals surface area (Å²) in [5.74, 6) is 0.646. The maximum Gasteiger partial charge on any atom is 0.139 e. The Morgan fingerprint density at radius 3 is 2.80 bits per heavy atom. The van der Waals surface area contributed by atoms with Crippen LogP contribution in [0.1, 0.15) is 13.3 Å². The van der Waals surface area contributed by atoms with Gasteiger partial charge in [0.2, 0.25) is 0 Å². The Morgan fingerprint density at radius 1 is 1.40 bits per heavy atom. The third-order valence-electron chi connectivity index (χ3n) is 2.02. The van der Waals surface area contributed by atoms with E-state index in [9.17, 15) is 0 Å². The Morgan fingerprint density at radius 2 is 2.13 bits per heavy atom. The minimum atomic E-state index is 0.119. The average molecular weight is 248 g/mol. The average Bonchev–Trinajstić information content (AvgIpc) is 2.20. The standard InChI is InChI=1S/C11H15Cl2NO/c1-8(5-6-14-2)15-11-7-9(12)3-4-10(11)13/h3-4,7-8,14H,5-6H2,1-2H3. The van der Waals surface area contributed by atoms with E-state index in [0.29, 0.717) is 15.8 Å². The molecule has 1 aromatic rings. The molecule has 0 saturated carbocycles. The van der Waals surface area contributed by atoms with E-state index in [1.807, 2.05) is 14.0 Å². The van der Waals surface area contributed by atoms with Crippen LogP contribution in [0.25, 0.3) is 0 Å². The Balaban J connectivity index is 2.59. The Labute approximate surface area is 101 Å². The number of hydrogen-bond donors (Lipinski definition) is 1. The summed E-state index contributed by atoms with van der Waals surface area (Å²) in [6.45, 7) is 2.92. The molecule has 0 spiro atoms. The molecule has 0 aliphatic heterocycles. The quantitative estimate of drug-likeness (QED) is 0.862. The van der Waals surface area contributed by atoms with Gasteiger partial charge in [-0.25, -0.2) is 0 Å². The predicted molar refractivity (Wildman–Crippen MR) is 65.1 cm³/mol. The van der Waals surface area contributed by atoms with Crippen LogP contribution in [0.15, 0.2) is 18.2 Å². The van der Waals surface area contributed by atoms with Gasteiger partial charge in [0.25, 0.3) is 0 Å². The van der Waals surface area contributed by atoms with E-state index < -0.39 is 0 Å². The van der Waals surface area contributed by atoms with E-state index >= 15 is 0 Å². The molecule has 0 aliphatic carbocycles. The highest BCUT2D eigenvalue weighted by atomic mass is 35.5. The highest BCUT2D eigenvalue weighted by Gasteiger charge is 2.07. The van der Waals surface area contributed by atoms with E-state index in [1.54, 1.807) is 18.2 Å². The number of rotatable bonds is 5. The lowest BCUT2D eigenvalue weighted by molar-refractivity contribution is 0.211. The van der Waals surface area contributed by atoms with Crippen LogP contribution in [0.3, 0.4) is 0 Å². The van der Waals surface area contributed by atoms with Crippen molar-refractivity contribution in [1.82, 2.24) is 5.32 Å². The van der Waals surface area contributed by atoms with Gasteiger partial charge in [0.1, 0.15) is 5.75 Å². The van der Waals surface area contributed by atoms with Crippen LogP contribution in [0.4, 0.5) is 0 Å². The van der Waals surface area contributed by atoms with Gasteiger partial charge in [0.15, 0.2) is 0 Å². The van der Waals surface area contributed by atoms with Gasteiger partial charge in [-0.2, -0.15) is 0 Å². The first-order valence-corrected chi connectivity index (χ1v) is 5.65. The molecular weight excluding hydrogens is 233 g/mol. The van der Waals surface area contributed by atoms with E-state index in [2.05, 4.69) is 5.32 Å². The molecular formula is C11H15Cl2NO. The van der Waals surface area contributed by atoms with Crippen molar-refractivity contribution in [3.8, 4) is 5.75 Å². The lowest BCUT2D eigenvalue weighted by Gasteiger charge is -2.15. The van der Waals surface area contributed by atoms with Gasteiger partial charge in [-0.15, -0.1) is 0 Å². The number of ether oxygens (including phenoxy) is 1. The van der Waals surface area contributed by atoms with E-state index in [-0.39, 0.29) is 6.10 Å². The molecule has 84 valence electrons. The first-order valence-electron chi connectivity index (χ1n) is 4.89. The summed E-state index contributed by atoms with van der Waals surface area (Å²) < 4.78 is 5.67. The smallest absolute Gasteiger partial charge is 0.139 e. The summed E-state index contributed by atoms with van der Waals surface area (Å²) in [5.41, 5.74) is 0. The van der Waals surface area contributed by atoms with Crippen molar-refractivity contribution in [1.29, 1.82) is 0 Å². The highest BCUT2D eigenvalue weighted by Crippen LogP contribution is 2.28. The Bertz CT molecular complexity index is 317. The second-order valence-corrected chi connectivity index (χ2v) is 4.24. The molecule has 1 atom stereocenters. The van der Waals surface area contributed by atoms with Gasteiger partial charge in [0.05, 0.1) is 11.1 Å². The predicted octanol–water partition coefficient (Wildman–Crippen LogP) is 3.37. The summed E-state index contributed by atoms with van der Waals surface area (Å²) in [6, 6.07) is 5.22. The zero-order valence-corrected chi connectivity index (χ0v) is 10.4. The van der Waals surface area contributed by atoms with Crippen molar-refractivity contribution in [2.45, 2.75) is 19.4 Å². The minimum absolute atomic E-state index is 0.119. The third-order valence-corrected chi connectivity index (χ3v) is 2.57. The third kappa shape index (κ3) is 4.29. The second-order valence-electron chi connectivity index (χ2n) is 3.40. The van der Waals surface area contributed by atoms with Crippen LogP contribution in [0.5, 0.6) is 5.75 Å². The van der Waals surface area contributed by atoms with Gasteiger partial charge >= 0.3 is 0 Å². The molecule has 15 heavy (non-hydrogen) atoms. The zero-order valence-electron chi connectivity index (χ0n) is 8.89. The molecule has 1 N–H and O–H groups in total. The Hall–Kier alpha value is -0.440. The van der Waals surface area contributed by atoms with Gasteiger partial charge in [-0.05, 0) is 39.1 Å². The van der Waals surface area contributed by atoms with Crippen molar-refractivity contribution < 1.29 is 4.74 Å². The number of hydrogen-bond acceptors (Lipinski definition) is 2. The van der Waals surface area contributed by atoms with Crippen LogP contribution < -0.4 is 10.1 Å². The first kappa shape index (κ1) is 12.6. The number of benzene rings is 1. The fourth-order valence-corrected chi connectivity index (χ4v) is 1.51. The van der Waals surface area contributed by atoms with Crippen molar-refractivity contribution in [3.05, 3.63) is 28.2 Å². The molecule has 2 nitrogen and oxygen atoms in total. The summed E-state index contributed by atoms with van der Waals surface area (Å²) in [6.07, 6.45) is 1.05. The first-order chi connectivity index (χ1) is 7.13. The maximum atomic E-state index is 5.98. The molecule has 0 fully saturated rings. The fourth-order valence-electron chi connectivity index (χ4n) is 1.19. The molecule has 0 bridgehead atoms. The SMILES string of the molecule is CNCCC(C)Oc1cc(Cl)ccc1Cl. The molecule has 0 aliphatic rings. The molecule has 0 amide bonds. The molecule has 1 aromatic carbocycles. The normalized spacial score (nSPS) is 12.5. The highest BCUT2D eigenvalue weighted by molar-refractivity contribution is 6.34. The minimum Gasteiger partial charge on any atom is -0.489 e. The lowest BCUT2D eigenvalue weighted by atomic mass is 10.2. The molecule has 0 saturated heterocycles. The van der Waals surface area contributed by atoms with E-state index in [4.69, 9.17) is 27.9 Å². The van der Waals surface area contributed by atoms with Gasteiger partial charge < -0.3 is 10.1 Å². The monoisotopic (exact) mass is 247 g/mol. The van der Waals surface area contributed by atoms with Crippen molar-refractivity contribution >= 4 is 23.2 Å². The topological polar surface area (TPSA) is 21.3 Å². The molecule has 1 unspecified atom stereocenters. The maximum absolute atomic E-state index is 5.98. The summed E-state index contributed by atoms with van der Waals surface area (Å²) in [7, 11) is 1.92. The van der Waals surface area contributed by atoms with Crippen molar-refractivity contribution in [2.75, 3.05) is 13.6 Å².